The highest BCUT2D eigenvalue weighted by Crippen LogP contribution is 2.40. The first-order chi connectivity index (χ1) is 13.3. The fourth-order valence-electron chi connectivity index (χ4n) is 2.95. The van der Waals surface area contributed by atoms with Crippen molar-refractivity contribution < 1.29 is 23.0 Å². The van der Waals surface area contributed by atoms with E-state index in [2.05, 4.69) is 31.2 Å². The summed E-state index contributed by atoms with van der Waals surface area (Å²) in [5.74, 6) is -0.977. The maximum absolute atomic E-state index is 14.5. The van der Waals surface area contributed by atoms with Gasteiger partial charge in [0.1, 0.15) is 18.3 Å². The van der Waals surface area contributed by atoms with Gasteiger partial charge in [-0.25, -0.2) is 13.2 Å². The van der Waals surface area contributed by atoms with Gasteiger partial charge in [-0.05, 0) is 46.3 Å². The zero-order valence-corrected chi connectivity index (χ0v) is 16.2. The second kappa shape index (κ2) is 8.46. The highest BCUT2D eigenvalue weighted by molar-refractivity contribution is 9.10. The van der Waals surface area contributed by atoms with Crippen LogP contribution in [0.3, 0.4) is 0 Å². The van der Waals surface area contributed by atoms with Gasteiger partial charge in [0.2, 0.25) is 0 Å². The lowest BCUT2D eigenvalue weighted by molar-refractivity contribution is 0.0330. The van der Waals surface area contributed by atoms with Crippen molar-refractivity contribution in [3.8, 4) is 0 Å². The van der Waals surface area contributed by atoms with Gasteiger partial charge in [0.05, 0.1) is 12.3 Å². The molecule has 2 atom stereocenters. The van der Waals surface area contributed by atoms with Crippen molar-refractivity contribution in [3.63, 3.8) is 0 Å². The Labute approximate surface area is 167 Å². The molecule has 2 aromatic rings. The predicted molar refractivity (Wildman–Crippen MR) is 102 cm³/mol. The predicted octanol–water partition coefficient (Wildman–Crippen LogP) is 3.32. The van der Waals surface area contributed by atoms with E-state index in [1.54, 1.807) is 12.1 Å². The number of aromatic nitrogens is 1. The smallest absolute Gasteiger partial charge is 0.267 e. The van der Waals surface area contributed by atoms with Gasteiger partial charge in [-0.1, -0.05) is 0 Å². The Kier molecular flexibility index (Phi) is 6.21. The molecule has 0 amide bonds. The first-order valence-corrected chi connectivity index (χ1v) is 9.17. The minimum atomic E-state index is -3.00. The van der Waals surface area contributed by atoms with Crippen LogP contribution in [0.1, 0.15) is 23.9 Å². The normalized spacial score (nSPS) is 21.1. The Hall–Kier alpha value is -2.17. The first kappa shape index (κ1) is 20.6. The van der Waals surface area contributed by atoms with Gasteiger partial charge in [0.15, 0.2) is 11.8 Å². The van der Waals surface area contributed by atoms with E-state index in [1.165, 1.54) is 18.3 Å². The standard InChI is InChI=1S/C18H18BrF3N4O2/c19-10-1-4-14(24-8-10)16(27)25-11-2-3-13(20)12(7-11)18(17(21)22)5-6-28-9-15(23)26-18/h1-4,7-8,16-17,25,27H,5-6,9H2,(H2,23,26). The summed E-state index contributed by atoms with van der Waals surface area (Å²) in [6, 6.07) is 6.85. The molecule has 1 aromatic heterocycles. The van der Waals surface area contributed by atoms with E-state index in [-0.39, 0.29) is 36.7 Å². The molecule has 4 N–H and O–H groups in total. The van der Waals surface area contributed by atoms with Gasteiger partial charge in [0.25, 0.3) is 6.43 Å². The largest absolute Gasteiger partial charge is 0.385 e. The number of nitrogens with one attached hydrogen (secondary N) is 1. The lowest BCUT2D eigenvalue weighted by Gasteiger charge is -2.29. The molecule has 150 valence electrons. The molecule has 0 spiro atoms. The maximum Gasteiger partial charge on any atom is 0.267 e. The van der Waals surface area contributed by atoms with Crippen molar-refractivity contribution in [2.75, 3.05) is 18.5 Å². The van der Waals surface area contributed by atoms with E-state index < -0.39 is 24.0 Å². The highest BCUT2D eigenvalue weighted by atomic mass is 79.9. The molecule has 3 rings (SSSR count). The molecule has 28 heavy (non-hydrogen) atoms. The van der Waals surface area contributed by atoms with Crippen molar-refractivity contribution in [3.05, 3.63) is 58.1 Å². The molecule has 2 heterocycles. The summed E-state index contributed by atoms with van der Waals surface area (Å²) in [5, 5.41) is 13.0. The molecule has 1 aliphatic heterocycles. The third-order valence-corrected chi connectivity index (χ3v) is 4.82. The van der Waals surface area contributed by atoms with Crippen molar-refractivity contribution in [2.24, 2.45) is 10.7 Å². The van der Waals surface area contributed by atoms with Crippen LogP contribution >= 0.6 is 15.9 Å². The number of anilines is 1. The molecule has 10 heteroatoms. The van der Waals surface area contributed by atoms with E-state index >= 15 is 0 Å². The van der Waals surface area contributed by atoms with Crippen molar-refractivity contribution >= 4 is 27.5 Å². The molecule has 1 aliphatic rings. The lowest BCUT2D eigenvalue weighted by Crippen LogP contribution is -2.36. The average Bonchev–Trinajstić information content (AvgIpc) is 2.86. The number of halogens is 4. The third-order valence-electron chi connectivity index (χ3n) is 4.35. The Bertz CT molecular complexity index is 866. The molecule has 0 radical (unpaired) electrons. The van der Waals surface area contributed by atoms with Gasteiger partial charge in [-0.15, -0.1) is 0 Å². The van der Waals surface area contributed by atoms with Crippen LogP contribution in [0.25, 0.3) is 0 Å². The number of aliphatic hydroxyl groups excluding tert-OH is 1. The molecule has 0 fully saturated rings. The van der Waals surface area contributed by atoms with Gasteiger partial charge < -0.3 is 20.9 Å². The number of pyridine rings is 1. The summed E-state index contributed by atoms with van der Waals surface area (Å²) in [6.45, 7) is -0.140. The van der Waals surface area contributed by atoms with Crippen LogP contribution in [-0.2, 0) is 10.3 Å². The molecule has 0 bridgehead atoms. The van der Waals surface area contributed by atoms with E-state index in [4.69, 9.17) is 10.5 Å². The van der Waals surface area contributed by atoms with Crippen molar-refractivity contribution in [1.82, 2.24) is 4.98 Å². The number of benzene rings is 1. The fourth-order valence-corrected chi connectivity index (χ4v) is 3.18. The third kappa shape index (κ3) is 4.29. The number of alkyl halides is 2. The van der Waals surface area contributed by atoms with Crippen LogP contribution < -0.4 is 11.1 Å². The molecule has 0 aliphatic carbocycles. The average molecular weight is 459 g/mol. The fraction of sp³-hybridized carbons (Fsp3) is 0.333. The SMILES string of the molecule is NC1=NC(c2cc(NC(O)c3ccc(Br)cn3)ccc2F)(C(F)F)CCOC1. The van der Waals surface area contributed by atoms with Crippen LogP contribution in [0, 0.1) is 5.82 Å². The number of hydrogen-bond acceptors (Lipinski definition) is 6. The van der Waals surface area contributed by atoms with E-state index in [1.807, 2.05) is 0 Å². The van der Waals surface area contributed by atoms with Gasteiger partial charge in [-0.2, -0.15) is 0 Å². The molecule has 6 nitrogen and oxygen atoms in total. The molecular formula is C18H18BrF3N4O2. The highest BCUT2D eigenvalue weighted by Gasteiger charge is 2.45. The van der Waals surface area contributed by atoms with Crippen LogP contribution in [0.2, 0.25) is 0 Å². The monoisotopic (exact) mass is 458 g/mol. The Morgan fingerprint density at radius 3 is 2.75 bits per heavy atom. The van der Waals surface area contributed by atoms with Crippen molar-refractivity contribution in [1.29, 1.82) is 0 Å². The molecule has 0 saturated carbocycles. The Morgan fingerprint density at radius 2 is 2.07 bits per heavy atom. The molecule has 1 aromatic carbocycles. The zero-order chi connectivity index (χ0) is 20.3. The quantitative estimate of drug-likeness (QED) is 0.597. The van der Waals surface area contributed by atoms with Crippen molar-refractivity contribution in [2.45, 2.75) is 24.6 Å². The summed E-state index contributed by atoms with van der Waals surface area (Å²) in [5.41, 5.74) is 3.70. The summed E-state index contributed by atoms with van der Waals surface area (Å²) in [7, 11) is 0. The molecule has 0 saturated heterocycles. The van der Waals surface area contributed by atoms with Crippen LogP contribution in [-0.4, -0.2) is 35.6 Å². The summed E-state index contributed by atoms with van der Waals surface area (Å²) >= 11 is 3.24. The maximum atomic E-state index is 14.5. The van der Waals surface area contributed by atoms with Gasteiger partial charge in [0, 0.05) is 28.3 Å². The summed E-state index contributed by atoms with van der Waals surface area (Å²) in [6.07, 6.45) is -2.95. The number of ether oxygens (including phenoxy) is 1. The summed E-state index contributed by atoms with van der Waals surface area (Å²) < 4.78 is 48.5. The number of hydrogen-bond donors (Lipinski definition) is 3. The zero-order valence-electron chi connectivity index (χ0n) is 14.6. The minimum Gasteiger partial charge on any atom is -0.385 e. The minimum absolute atomic E-state index is 0.0446. The van der Waals surface area contributed by atoms with Gasteiger partial charge >= 0.3 is 0 Å². The lowest BCUT2D eigenvalue weighted by atomic mass is 9.87. The summed E-state index contributed by atoms with van der Waals surface area (Å²) in [4.78, 5) is 7.96. The number of nitrogens with zero attached hydrogens (tertiary/aromatic N) is 2. The second-order valence-electron chi connectivity index (χ2n) is 6.27. The molecule has 2 unspecified atom stereocenters. The number of amidine groups is 1. The van der Waals surface area contributed by atoms with Gasteiger partial charge in [-0.3, -0.25) is 9.98 Å². The number of aliphatic imine (C=N–C) groups is 1. The van der Waals surface area contributed by atoms with Crippen LogP contribution in [0.4, 0.5) is 18.9 Å². The Morgan fingerprint density at radius 1 is 1.29 bits per heavy atom. The van der Waals surface area contributed by atoms with E-state index in [0.29, 0.717) is 5.69 Å². The second-order valence-corrected chi connectivity index (χ2v) is 7.19. The Balaban J connectivity index is 1.96. The van der Waals surface area contributed by atoms with Crippen LogP contribution in [0.5, 0.6) is 0 Å². The molecular weight excluding hydrogens is 441 g/mol. The first-order valence-electron chi connectivity index (χ1n) is 8.38. The topological polar surface area (TPSA) is 92.8 Å². The van der Waals surface area contributed by atoms with E-state index in [9.17, 15) is 18.3 Å². The number of aliphatic hydroxyl groups is 1. The number of nitrogens with two attached hydrogens (primary N) is 1. The number of rotatable bonds is 5. The van der Waals surface area contributed by atoms with Crippen LogP contribution in [0.15, 0.2) is 46.0 Å². The van der Waals surface area contributed by atoms with E-state index in [0.717, 1.165) is 10.5 Å².